The molecule has 7 rings (SSSR count). The maximum Gasteiger partial charge on any atom is 0.302 e. The van der Waals surface area contributed by atoms with Gasteiger partial charge in [-0.25, -0.2) is 0 Å². The lowest BCUT2D eigenvalue weighted by Gasteiger charge is -2.55. The smallest absolute Gasteiger partial charge is 0.302 e. The molecule has 7 atom stereocenters. The lowest BCUT2D eigenvalue weighted by Crippen LogP contribution is -2.64. The van der Waals surface area contributed by atoms with Gasteiger partial charge in [0.2, 0.25) is 0 Å². The standard InChI is InChI=1S/C21H22N2O2/c1-3-12-10-23-16-8-13(12)18-17(23)9-21(20(18)25-11(2)24)14-6-4-5-7-15(14)22-19(16)21/h3-7,13,16-18,20H,8-10H2,1-2H3/t13?,16-,17+,18?,20?,21-/m1/s1. The number of hydrogen-bond acceptors (Lipinski definition) is 4. The summed E-state index contributed by atoms with van der Waals surface area (Å²) in [5.74, 6) is 0.778. The largest absolute Gasteiger partial charge is 0.461 e. The fourth-order valence-corrected chi connectivity index (χ4v) is 6.78. The number of para-hydroxylation sites is 1. The molecule has 5 heterocycles. The molecule has 1 aromatic carbocycles. The number of allylic oxidation sites excluding steroid dienone is 1. The minimum absolute atomic E-state index is 0.0763. The molecule has 4 heteroatoms. The molecule has 1 aliphatic carbocycles. The minimum atomic E-state index is -0.184. The second-order valence-electron chi connectivity index (χ2n) is 8.26. The molecule has 4 saturated heterocycles. The lowest BCUT2D eigenvalue weighted by molar-refractivity contribution is -0.152. The summed E-state index contributed by atoms with van der Waals surface area (Å²) in [6, 6.07) is 9.42. The molecule has 25 heavy (non-hydrogen) atoms. The summed E-state index contributed by atoms with van der Waals surface area (Å²) in [6.45, 7) is 4.77. The van der Waals surface area contributed by atoms with E-state index in [0.29, 0.717) is 23.9 Å². The number of piperidine rings is 4. The number of aliphatic imine (C=N–C) groups is 1. The summed E-state index contributed by atoms with van der Waals surface area (Å²) in [6.07, 6.45) is 4.40. The molecule has 5 aliphatic heterocycles. The van der Waals surface area contributed by atoms with E-state index in [1.807, 2.05) is 0 Å². The van der Waals surface area contributed by atoms with Crippen molar-refractivity contribution in [3.05, 3.63) is 41.5 Å². The highest BCUT2D eigenvalue weighted by atomic mass is 16.5. The molecular formula is C21H22N2O2. The Morgan fingerprint density at radius 3 is 3.04 bits per heavy atom. The van der Waals surface area contributed by atoms with Crippen LogP contribution in [0, 0.1) is 11.8 Å². The molecule has 0 radical (unpaired) electrons. The molecule has 4 unspecified atom stereocenters. The van der Waals surface area contributed by atoms with Crippen LogP contribution >= 0.6 is 0 Å². The number of carbonyl (C=O) groups is 1. The van der Waals surface area contributed by atoms with Gasteiger partial charge in [0.1, 0.15) is 6.10 Å². The van der Waals surface area contributed by atoms with Gasteiger partial charge in [-0.1, -0.05) is 29.8 Å². The Labute approximate surface area is 147 Å². The van der Waals surface area contributed by atoms with E-state index in [9.17, 15) is 4.79 Å². The van der Waals surface area contributed by atoms with Crippen LogP contribution < -0.4 is 0 Å². The van der Waals surface area contributed by atoms with Gasteiger partial charge in [-0.3, -0.25) is 14.7 Å². The average Bonchev–Trinajstić information content (AvgIpc) is 3.09. The van der Waals surface area contributed by atoms with E-state index >= 15 is 0 Å². The van der Waals surface area contributed by atoms with Gasteiger partial charge in [0, 0.05) is 25.4 Å². The second kappa shape index (κ2) is 4.42. The fraction of sp³-hybridized carbons (Fsp3) is 0.524. The summed E-state index contributed by atoms with van der Waals surface area (Å²) >= 11 is 0. The molecule has 6 aliphatic rings. The fourth-order valence-electron chi connectivity index (χ4n) is 6.78. The Morgan fingerprint density at radius 1 is 1.40 bits per heavy atom. The summed E-state index contributed by atoms with van der Waals surface area (Å²) < 4.78 is 6.09. The Balaban J connectivity index is 1.62. The van der Waals surface area contributed by atoms with Crippen molar-refractivity contribution >= 4 is 17.4 Å². The molecule has 128 valence electrons. The first kappa shape index (κ1) is 14.3. The third-order valence-corrected chi connectivity index (χ3v) is 7.48. The Morgan fingerprint density at radius 2 is 2.24 bits per heavy atom. The molecular weight excluding hydrogens is 312 g/mol. The number of rotatable bonds is 1. The third kappa shape index (κ3) is 1.46. The van der Waals surface area contributed by atoms with Crippen LogP contribution in [0.4, 0.5) is 5.69 Å². The second-order valence-corrected chi connectivity index (χ2v) is 8.26. The predicted molar refractivity (Wildman–Crippen MR) is 95.0 cm³/mol. The quantitative estimate of drug-likeness (QED) is 0.586. The van der Waals surface area contributed by atoms with E-state index in [1.54, 1.807) is 6.92 Å². The molecule has 5 bridgehead atoms. The van der Waals surface area contributed by atoms with Crippen LogP contribution in [0.1, 0.15) is 32.3 Å². The van der Waals surface area contributed by atoms with Gasteiger partial charge >= 0.3 is 5.97 Å². The first-order valence-electron chi connectivity index (χ1n) is 9.42. The van der Waals surface area contributed by atoms with Gasteiger partial charge in [0.15, 0.2) is 0 Å². The first-order chi connectivity index (χ1) is 12.1. The molecule has 1 spiro atoms. The van der Waals surface area contributed by atoms with Crippen molar-refractivity contribution in [3.8, 4) is 0 Å². The summed E-state index contributed by atoms with van der Waals surface area (Å²) in [5, 5.41) is 0. The average molecular weight is 334 g/mol. The summed E-state index contributed by atoms with van der Waals surface area (Å²) in [5.41, 5.74) is 5.00. The molecule has 5 fully saturated rings. The molecule has 4 nitrogen and oxygen atoms in total. The number of benzene rings is 1. The van der Waals surface area contributed by atoms with Crippen LogP contribution in [0.15, 0.2) is 40.9 Å². The Hall–Kier alpha value is -1.94. The number of esters is 1. The van der Waals surface area contributed by atoms with Gasteiger partial charge < -0.3 is 4.74 Å². The van der Waals surface area contributed by atoms with E-state index in [-0.39, 0.29) is 17.5 Å². The van der Waals surface area contributed by atoms with Crippen LogP contribution in [-0.4, -0.2) is 41.3 Å². The van der Waals surface area contributed by atoms with Crippen molar-refractivity contribution in [1.29, 1.82) is 0 Å². The van der Waals surface area contributed by atoms with Gasteiger partial charge in [-0.05, 0) is 37.3 Å². The van der Waals surface area contributed by atoms with Crippen LogP contribution in [0.5, 0.6) is 0 Å². The molecule has 0 amide bonds. The van der Waals surface area contributed by atoms with Gasteiger partial charge in [0.25, 0.3) is 0 Å². The van der Waals surface area contributed by atoms with E-state index in [1.165, 1.54) is 16.8 Å². The Kier molecular flexibility index (Phi) is 2.52. The minimum Gasteiger partial charge on any atom is -0.461 e. The lowest BCUT2D eigenvalue weighted by atomic mass is 9.66. The molecule has 0 aromatic heterocycles. The predicted octanol–water partition coefficient (Wildman–Crippen LogP) is 2.99. The number of fused-ring (bicyclic) bond motifs is 2. The van der Waals surface area contributed by atoms with Crippen molar-refractivity contribution < 1.29 is 9.53 Å². The van der Waals surface area contributed by atoms with Gasteiger partial charge in [-0.2, -0.15) is 0 Å². The van der Waals surface area contributed by atoms with Crippen LogP contribution in [0.3, 0.4) is 0 Å². The van der Waals surface area contributed by atoms with Gasteiger partial charge in [-0.15, -0.1) is 0 Å². The topological polar surface area (TPSA) is 41.9 Å². The maximum absolute atomic E-state index is 12.0. The molecule has 1 aromatic rings. The zero-order chi connectivity index (χ0) is 16.9. The van der Waals surface area contributed by atoms with Crippen molar-refractivity contribution in [2.75, 3.05) is 6.54 Å². The van der Waals surface area contributed by atoms with Crippen molar-refractivity contribution in [3.63, 3.8) is 0 Å². The normalized spacial score (nSPS) is 46.2. The molecule has 0 N–H and O–H groups in total. The van der Waals surface area contributed by atoms with E-state index in [0.717, 1.165) is 25.1 Å². The van der Waals surface area contributed by atoms with E-state index in [2.05, 4.69) is 42.2 Å². The van der Waals surface area contributed by atoms with E-state index in [4.69, 9.17) is 9.73 Å². The highest BCUT2D eigenvalue weighted by molar-refractivity contribution is 6.08. The zero-order valence-corrected chi connectivity index (χ0v) is 14.6. The van der Waals surface area contributed by atoms with Crippen LogP contribution in [0.2, 0.25) is 0 Å². The van der Waals surface area contributed by atoms with Crippen LogP contribution in [0.25, 0.3) is 0 Å². The SMILES string of the molecule is CC=C1CN2[C@@H]3CC1C1C(OC(C)=O)[C@@]4(C[C@@H]12)C3=Nc1ccccc14. The van der Waals surface area contributed by atoms with Crippen molar-refractivity contribution in [1.82, 2.24) is 4.90 Å². The third-order valence-electron chi connectivity index (χ3n) is 7.48. The van der Waals surface area contributed by atoms with Gasteiger partial charge in [0.05, 0.1) is 22.9 Å². The number of nitrogens with zero attached hydrogens (tertiary/aromatic N) is 2. The highest BCUT2D eigenvalue weighted by Gasteiger charge is 2.73. The molecule has 1 saturated carbocycles. The van der Waals surface area contributed by atoms with Crippen molar-refractivity contribution in [2.45, 2.75) is 50.3 Å². The maximum atomic E-state index is 12.0. The monoisotopic (exact) mass is 334 g/mol. The highest BCUT2D eigenvalue weighted by Crippen LogP contribution is 2.66. The zero-order valence-electron chi connectivity index (χ0n) is 14.6. The van der Waals surface area contributed by atoms with Crippen molar-refractivity contribution in [2.24, 2.45) is 16.8 Å². The number of hydrogen-bond donors (Lipinski definition) is 0. The summed E-state index contributed by atoms with van der Waals surface area (Å²) in [7, 11) is 0. The first-order valence-corrected chi connectivity index (χ1v) is 9.42. The van der Waals surface area contributed by atoms with Crippen LogP contribution in [-0.2, 0) is 14.9 Å². The number of ether oxygens (including phenoxy) is 1. The number of carbonyl (C=O) groups excluding carboxylic acids is 1. The van der Waals surface area contributed by atoms with E-state index < -0.39 is 0 Å². The summed E-state index contributed by atoms with van der Waals surface area (Å²) in [4.78, 5) is 19.8. The Bertz CT molecular complexity index is 872.